The minimum absolute atomic E-state index is 0.120. The van der Waals surface area contributed by atoms with Crippen molar-refractivity contribution in [2.24, 2.45) is 0 Å². The molecule has 126 valence electrons. The third-order valence-corrected chi connectivity index (χ3v) is 8.03. The van der Waals surface area contributed by atoms with Gasteiger partial charge in [0.05, 0.1) is 11.5 Å². The van der Waals surface area contributed by atoms with E-state index in [-0.39, 0.29) is 30.8 Å². The van der Waals surface area contributed by atoms with E-state index < -0.39 is 25.3 Å². The van der Waals surface area contributed by atoms with Crippen molar-refractivity contribution in [1.82, 2.24) is 9.03 Å². The van der Waals surface area contributed by atoms with Crippen LogP contribution in [0.15, 0.2) is 39.8 Å². The molecule has 1 aliphatic heterocycles. The summed E-state index contributed by atoms with van der Waals surface area (Å²) in [7, 11) is -5.71. The second-order valence-corrected chi connectivity index (χ2v) is 9.52. The minimum Gasteiger partial charge on any atom is -0.463 e. The fraction of sp³-hybridized carbons (Fsp3) is 0.429. The summed E-state index contributed by atoms with van der Waals surface area (Å²) >= 11 is 0. The highest BCUT2D eigenvalue weighted by Crippen LogP contribution is 2.29. The van der Waals surface area contributed by atoms with Crippen LogP contribution in [-0.2, 0) is 20.0 Å². The summed E-state index contributed by atoms with van der Waals surface area (Å²) in [6, 6.07) is 6.67. The largest absolute Gasteiger partial charge is 0.463 e. The van der Waals surface area contributed by atoms with Crippen LogP contribution < -0.4 is 4.72 Å². The number of hydrogen-bond donors (Lipinski definition) is 1. The van der Waals surface area contributed by atoms with Gasteiger partial charge in [-0.1, -0.05) is 12.1 Å². The predicted molar refractivity (Wildman–Crippen MR) is 86.0 cm³/mol. The molecule has 0 aliphatic carbocycles. The summed E-state index contributed by atoms with van der Waals surface area (Å²) in [4.78, 5) is 0.120. The fourth-order valence-corrected chi connectivity index (χ4v) is 5.64. The molecule has 1 fully saturated rings. The van der Waals surface area contributed by atoms with Gasteiger partial charge in [-0.3, -0.25) is 0 Å². The Bertz CT molecular complexity index is 910. The van der Waals surface area contributed by atoms with Gasteiger partial charge in [-0.15, -0.1) is 0 Å². The Morgan fingerprint density at radius 2 is 1.83 bits per heavy atom. The highest BCUT2D eigenvalue weighted by atomic mass is 32.2. The highest BCUT2D eigenvalue weighted by molar-refractivity contribution is 7.90. The van der Waals surface area contributed by atoms with E-state index in [1.54, 1.807) is 18.2 Å². The Balaban J connectivity index is 1.87. The first-order valence-corrected chi connectivity index (χ1v) is 10.2. The molecule has 9 heteroatoms. The Labute approximate surface area is 135 Å². The third kappa shape index (κ3) is 2.89. The number of benzene rings is 1. The van der Waals surface area contributed by atoms with Gasteiger partial charge >= 0.3 is 0 Å². The zero-order valence-electron chi connectivity index (χ0n) is 12.6. The lowest BCUT2D eigenvalue weighted by molar-refractivity contribution is 0.345. The normalized spacial score (nSPS) is 18.5. The van der Waals surface area contributed by atoms with Gasteiger partial charge in [-0.2, -0.15) is 4.31 Å². The molecule has 0 bridgehead atoms. The molecular formula is C14H18N2O5S2. The molecule has 0 saturated carbocycles. The van der Waals surface area contributed by atoms with Crippen LogP contribution in [-0.4, -0.2) is 46.5 Å². The molecule has 2 aromatic rings. The molecule has 1 aromatic carbocycles. The van der Waals surface area contributed by atoms with E-state index in [4.69, 9.17) is 4.42 Å². The first kappa shape index (κ1) is 16.4. The molecule has 2 heterocycles. The Morgan fingerprint density at radius 1 is 1.13 bits per heavy atom. The average molecular weight is 358 g/mol. The summed E-state index contributed by atoms with van der Waals surface area (Å²) in [6.07, 6.45) is 2.00. The number of rotatable bonds is 4. The van der Waals surface area contributed by atoms with Crippen molar-refractivity contribution in [3.05, 3.63) is 30.5 Å². The van der Waals surface area contributed by atoms with Crippen molar-refractivity contribution < 1.29 is 21.3 Å². The maximum absolute atomic E-state index is 12.8. The zero-order chi connectivity index (χ0) is 16.7. The Hall–Kier alpha value is -1.42. The second-order valence-electron chi connectivity index (χ2n) is 5.45. The van der Waals surface area contributed by atoms with Crippen molar-refractivity contribution >= 4 is 31.0 Å². The Kier molecular flexibility index (Phi) is 4.21. The molecular weight excluding hydrogens is 340 g/mol. The van der Waals surface area contributed by atoms with Crippen LogP contribution in [0.2, 0.25) is 0 Å². The Morgan fingerprint density at radius 3 is 2.48 bits per heavy atom. The molecule has 0 spiro atoms. The summed E-state index contributed by atoms with van der Waals surface area (Å²) < 4.78 is 58.2. The molecule has 0 radical (unpaired) electrons. The van der Waals surface area contributed by atoms with E-state index in [0.717, 1.165) is 5.39 Å². The quantitative estimate of drug-likeness (QED) is 0.884. The van der Waals surface area contributed by atoms with E-state index in [1.165, 1.54) is 23.7 Å². The number of fused-ring (bicyclic) bond motifs is 1. The molecule has 1 saturated heterocycles. The van der Waals surface area contributed by atoms with Gasteiger partial charge in [0.2, 0.25) is 20.0 Å². The van der Waals surface area contributed by atoms with E-state index in [0.29, 0.717) is 5.58 Å². The van der Waals surface area contributed by atoms with Crippen LogP contribution in [0.4, 0.5) is 0 Å². The highest BCUT2D eigenvalue weighted by Gasteiger charge is 2.35. The third-order valence-electron chi connectivity index (χ3n) is 4.18. The summed E-state index contributed by atoms with van der Waals surface area (Å²) in [6.45, 7) is 0.343. The number of sulfonamides is 2. The lowest BCUT2D eigenvalue weighted by Gasteiger charge is -2.30. The molecule has 23 heavy (non-hydrogen) atoms. The van der Waals surface area contributed by atoms with Crippen molar-refractivity contribution in [2.45, 2.75) is 23.0 Å². The van der Waals surface area contributed by atoms with Crippen LogP contribution in [0, 0.1) is 0 Å². The molecule has 0 atom stereocenters. The summed E-state index contributed by atoms with van der Waals surface area (Å²) in [5, 5.41) is 0.164. The van der Waals surface area contributed by atoms with Gasteiger partial charge in [0.15, 0.2) is 5.58 Å². The first-order valence-electron chi connectivity index (χ1n) is 7.25. The standard InChI is InChI=1S/C14H18N2O5S2/c1-15-22(17,18)12-5-8-16(9-6-12)23(19,20)13-4-2-3-11-7-10-21-14(11)13/h2-4,7,10,12,15H,5-6,8-9H2,1H3. The number of para-hydroxylation sites is 1. The molecule has 3 rings (SSSR count). The van der Waals surface area contributed by atoms with Crippen molar-refractivity contribution in [3.8, 4) is 0 Å². The van der Waals surface area contributed by atoms with Gasteiger partial charge in [0.25, 0.3) is 0 Å². The smallest absolute Gasteiger partial charge is 0.246 e. The van der Waals surface area contributed by atoms with Gasteiger partial charge in [-0.05, 0) is 32.0 Å². The van der Waals surface area contributed by atoms with Crippen LogP contribution in [0.25, 0.3) is 11.0 Å². The lowest BCUT2D eigenvalue weighted by Crippen LogP contribution is -2.44. The monoisotopic (exact) mass is 358 g/mol. The molecule has 1 aliphatic rings. The number of hydrogen-bond acceptors (Lipinski definition) is 5. The topological polar surface area (TPSA) is 96.7 Å². The lowest BCUT2D eigenvalue weighted by atomic mass is 10.2. The number of furan rings is 1. The van der Waals surface area contributed by atoms with E-state index in [2.05, 4.69) is 4.72 Å². The summed E-state index contributed by atoms with van der Waals surface area (Å²) in [5.41, 5.74) is 0.331. The first-order chi connectivity index (χ1) is 10.9. The fourth-order valence-electron chi connectivity index (χ4n) is 2.86. The summed E-state index contributed by atoms with van der Waals surface area (Å²) in [5.74, 6) is 0. The van der Waals surface area contributed by atoms with Crippen LogP contribution in [0.3, 0.4) is 0 Å². The van der Waals surface area contributed by atoms with Gasteiger partial charge < -0.3 is 4.42 Å². The van der Waals surface area contributed by atoms with Gasteiger partial charge in [0, 0.05) is 18.5 Å². The van der Waals surface area contributed by atoms with Crippen molar-refractivity contribution in [1.29, 1.82) is 0 Å². The van der Waals surface area contributed by atoms with Crippen LogP contribution >= 0.6 is 0 Å². The minimum atomic E-state index is -3.71. The maximum Gasteiger partial charge on any atom is 0.246 e. The van der Waals surface area contributed by atoms with E-state index in [9.17, 15) is 16.8 Å². The van der Waals surface area contributed by atoms with Gasteiger partial charge in [-0.25, -0.2) is 21.6 Å². The second kappa shape index (κ2) is 5.90. The zero-order valence-corrected chi connectivity index (χ0v) is 14.2. The molecule has 0 unspecified atom stereocenters. The number of nitrogens with one attached hydrogen (secondary N) is 1. The molecule has 0 amide bonds. The van der Waals surface area contributed by atoms with Gasteiger partial charge in [0.1, 0.15) is 4.90 Å². The van der Waals surface area contributed by atoms with Crippen molar-refractivity contribution in [2.75, 3.05) is 20.1 Å². The number of nitrogens with zero attached hydrogens (tertiary/aromatic N) is 1. The molecule has 1 N–H and O–H groups in total. The average Bonchev–Trinajstić information content (AvgIpc) is 3.03. The number of piperidine rings is 1. The molecule has 1 aromatic heterocycles. The maximum atomic E-state index is 12.8. The van der Waals surface area contributed by atoms with Crippen LogP contribution in [0.5, 0.6) is 0 Å². The van der Waals surface area contributed by atoms with E-state index in [1.807, 2.05) is 0 Å². The van der Waals surface area contributed by atoms with Crippen molar-refractivity contribution in [3.63, 3.8) is 0 Å². The van der Waals surface area contributed by atoms with Crippen LogP contribution in [0.1, 0.15) is 12.8 Å². The predicted octanol–water partition coefficient (Wildman–Crippen LogP) is 1.14. The van der Waals surface area contributed by atoms with E-state index >= 15 is 0 Å². The molecule has 7 nitrogen and oxygen atoms in total. The SMILES string of the molecule is CNS(=O)(=O)C1CCN(S(=O)(=O)c2cccc3ccoc23)CC1.